The van der Waals surface area contributed by atoms with Crippen LogP contribution in [0.1, 0.15) is 101 Å². The van der Waals surface area contributed by atoms with Gasteiger partial charge in [0.05, 0.1) is 36.1 Å². The molecule has 0 bridgehead atoms. The van der Waals surface area contributed by atoms with E-state index in [-0.39, 0.29) is 47.3 Å². The van der Waals surface area contributed by atoms with E-state index in [2.05, 4.69) is 47.9 Å². The lowest BCUT2D eigenvalue weighted by atomic mass is 9.86. The van der Waals surface area contributed by atoms with Crippen molar-refractivity contribution >= 4 is 46.7 Å². The van der Waals surface area contributed by atoms with Crippen LogP contribution < -0.4 is 20.9 Å². The molecule has 340 valence electrons. The van der Waals surface area contributed by atoms with Crippen LogP contribution in [0.2, 0.25) is 0 Å². The Balaban J connectivity index is 0.731. The highest BCUT2D eigenvalue weighted by Crippen LogP contribution is 2.36. The lowest BCUT2D eigenvalue weighted by molar-refractivity contribution is -0.136. The second-order valence-electron chi connectivity index (χ2n) is 16.6. The third-order valence-electron chi connectivity index (χ3n) is 12.1. The van der Waals surface area contributed by atoms with Crippen LogP contribution in [0.5, 0.6) is 0 Å². The van der Waals surface area contributed by atoms with Crippen molar-refractivity contribution < 1.29 is 46.6 Å². The Morgan fingerprint density at radius 2 is 1.81 bits per heavy atom. The van der Waals surface area contributed by atoms with Crippen molar-refractivity contribution in [3.8, 4) is 11.5 Å². The van der Waals surface area contributed by atoms with Crippen molar-refractivity contribution in [1.82, 2.24) is 34.9 Å². The monoisotopic (exact) mass is 886 g/mol. The molecular weight excluding hydrogens is 835 g/mol. The zero-order valence-electron chi connectivity index (χ0n) is 35.6. The molecule has 0 spiro atoms. The molecule has 1 saturated carbocycles. The average Bonchev–Trinajstić information content (AvgIpc) is 4.03. The molecule has 3 N–H and O–H groups in total. The number of nitrogens with zero attached hydrogens (tertiary/aromatic N) is 7. The van der Waals surface area contributed by atoms with Gasteiger partial charge in [-0.2, -0.15) is 5.10 Å². The van der Waals surface area contributed by atoms with Crippen molar-refractivity contribution in [2.45, 2.75) is 69.9 Å². The van der Waals surface area contributed by atoms with E-state index < -0.39 is 47.7 Å². The maximum Gasteiger partial charge on any atom is 0.284 e. The summed E-state index contributed by atoms with van der Waals surface area (Å²) in [6.45, 7) is 5.94. The van der Waals surface area contributed by atoms with Crippen LogP contribution in [-0.2, 0) is 19.1 Å². The number of benzene rings is 1. The normalized spacial score (nSPS) is 20.3. The topological polar surface area (TPSA) is 206 Å². The lowest BCUT2D eigenvalue weighted by Gasteiger charge is -2.31. The SMILES string of the molecule is CN(CCCOCCCNc1cccc2c1C(=O)N(C1CCC(=O)NC1=O)C2=O)CC1CCC(n2cc(NC(=O)c3coc(-c4ccnc(N5CCOCC5)c4)n3)c(C(F)F)n2)CC1. The minimum absolute atomic E-state index is 0.0493. The molecule has 4 aromatic rings. The third kappa shape index (κ3) is 10.1. The second kappa shape index (κ2) is 20.2. The Hall–Kier alpha value is -6.12. The first-order valence-electron chi connectivity index (χ1n) is 21.8. The van der Waals surface area contributed by atoms with Gasteiger partial charge in [-0.05, 0) is 82.2 Å². The van der Waals surface area contributed by atoms with E-state index in [1.165, 1.54) is 12.5 Å². The third-order valence-corrected chi connectivity index (χ3v) is 12.1. The highest BCUT2D eigenvalue weighted by Gasteiger charge is 2.45. The van der Waals surface area contributed by atoms with E-state index in [0.717, 1.165) is 55.9 Å². The maximum atomic E-state index is 14.2. The number of alkyl halides is 2. The van der Waals surface area contributed by atoms with Gasteiger partial charge in [-0.25, -0.2) is 18.7 Å². The Labute approximate surface area is 368 Å². The van der Waals surface area contributed by atoms with E-state index in [1.54, 1.807) is 35.1 Å². The molecule has 20 heteroatoms. The minimum Gasteiger partial charge on any atom is -0.444 e. The predicted molar refractivity (Wildman–Crippen MR) is 228 cm³/mol. The number of carbonyl (C=O) groups excluding carboxylic acids is 5. The van der Waals surface area contributed by atoms with E-state index in [1.807, 2.05) is 6.07 Å². The first-order valence-corrected chi connectivity index (χ1v) is 21.8. The minimum atomic E-state index is -2.89. The number of rotatable bonds is 18. The Kier molecular flexibility index (Phi) is 14.0. The number of hydrogen-bond acceptors (Lipinski definition) is 14. The van der Waals surface area contributed by atoms with Gasteiger partial charge in [0, 0.05) is 76.0 Å². The number of hydrogen-bond donors (Lipinski definition) is 3. The standard InChI is InChI=1S/C44H52F2N10O8/c1-53(16-4-20-62-19-3-14-47-31-6-2-5-30-37(31)44(61)56(43(30)60)34-11-12-36(57)51-41(34)59)24-27-7-9-29(10-8-27)55-25-32(38(52-55)39(45)46)49-40(58)33-26-64-42(50-33)28-13-15-48-35(23-28)54-17-21-63-22-18-54/h2,5-6,13,15,23,25-27,29,34,39,47H,3-4,7-12,14,16-22,24H2,1H3,(H,49,58)(H,51,57,59). The molecule has 64 heavy (non-hydrogen) atoms. The van der Waals surface area contributed by atoms with Crippen molar-refractivity contribution in [3.05, 3.63) is 71.5 Å². The average molecular weight is 887 g/mol. The molecule has 8 rings (SSSR count). The van der Waals surface area contributed by atoms with Crippen molar-refractivity contribution in [2.75, 3.05) is 81.7 Å². The number of ether oxygens (including phenoxy) is 2. The highest BCUT2D eigenvalue weighted by molar-refractivity contribution is 6.25. The molecular formula is C44H52F2N10O8. The number of aromatic nitrogens is 4. The number of carbonyl (C=O) groups is 5. The Morgan fingerprint density at radius 3 is 2.59 bits per heavy atom. The quantitative estimate of drug-likeness (QED) is 0.0895. The van der Waals surface area contributed by atoms with Crippen LogP contribution in [0.3, 0.4) is 0 Å². The summed E-state index contributed by atoms with van der Waals surface area (Å²) in [4.78, 5) is 77.7. The van der Waals surface area contributed by atoms with Gasteiger partial charge in [-0.1, -0.05) is 6.07 Å². The molecule has 2 saturated heterocycles. The van der Waals surface area contributed by atoms with Gasteiger partial charge in [0.15, 0.2) is 11.4 Å². The smallest absolute Gasteiger partial charge is 0.284 e. The summed E-state index contributed by atoms with van der Waals surface area (Å²) in [5, 5.41) is 12.2. The number of imide groups is 2. The molecule has 1 unspecified atom stereocenters. The summed E-state index contributed by atoms with van der Waals surface area (Å²) in [6.07, 6.45) is 6.46. The second-order valence-corrected chi connectivity index (χ2v) is 16.6. The van der Waals surface area contributed by atoms with Gasteiger partial charge >= 0.3 is 0 Å². The number of oxazole rings is 1. The summed E-state index contributed by atoms with van der Waals surface area (Å²) in [6, 6.07) is 7.43. The van der Waals surface area contributed by atoms with Gasteiger partial charge < -0.3 is 34.3 Å². The molecule has 1 aromatic carbocycles. The van der Waals surface area contributed by atoms with Crippen LogP contribution in [0, 0.1) is 5.92 Å². The number of pyridine rings is 1. The summed E-state index contributed by atoms with van der Waals surface area (Å²) in [5.41, 5.74) is 0.998. The summed E-state index contributed by atoms with van der Waals surface area (Å²) >= 11 is 0. The largest absolute Gasteiger partial charge is 0.444 e. The van der Waals surface area contributed by atoms with Crippen LogP contribution in [-0.4, -0.2) is 131 Å². The maximum absolute atomic E-state index is 14.2. The first-order chi connectivity index (χ1) is 31.0. The zero-order valence-corrected chi connectivity index (χ0v) is 35.6. The van der Waals surface area contributed by atoms with E-state index in [9.17, 15) is 32.8 Å². The fraction of sp³-hybridized carbons (Fsp3) is 0.500. The molecule has 1 aliphatic carbocycles. The first kappa shape index (κ1) is 44.5. The molecule has 0 radical (unpaired) electrons. The molecule has 18 nitrogen and oxygen atoms in total. The number of amides is 5. The zero-order chi connectivity index (χ0) is 44.7. The Morgan fingerprint density at radius 1 is 1.02 bits per heavy atom. The van der Waals surface area contributed by atoms with Gasteiger partial charge in [0.25, 0.3) is 24.1 Å². The molecule has 3 aromatic heterocycles. The molecule has 5 amide bonds. The predicted octanol–water partition coefficient (Wildman–Crippen LogP) is 4.93. The lowest BCUT2D eigenvalue weighted by Crippen LogP contribution is -2.54. The molecule has 4 aliphatic rings. The van der Waals surface area contributed by atoms with Crippen LogP contribution in [0.15, 0.2) is 53.4 Å². The van der Waals surface area contributed by atoms with Crippen LogP contribution in [0.25, 0.3) is 11.5 Å². The number of morpholine rings is 1. The number of halogens is 2. The fourth-order valence-electron chi connectivity index (χ4n) is 8.79. The van der Waals surface area contributed by atoms with Crippen molar-refractivity contribution in [1.29, 1.82) is 0 Å². The number of nitrogens with one attached hydrogen (secondary N) is 3. The molecule has 1 atom stereocenters. The fourth-order valence-corrected chi connectivity index (χ4v) is 8.79. The highest BCUT2D eigenvalue weighted by atomic mass is 19.3. The van der Waals surface area contributed by atoms with Gasteiger partial charge in [-0.15, -0.1) is 0 Å². The Bertz CT molecular complexity index is 2340. The molecule has 6 heterocycles. The van der Waals surface area contributed by atoms with Gasteiger partial charge in [0.2, 0.25) is 17.7 Å². The van der Waals surface area contributed by atoms with Crippen molar-refractivity contribution in [2.24, 2.45) is 5.92 Å². The molecule has 3 aliphatic heterocycles. The molecule has 3 fully saturated rings. The number of anilines is 3. The van der Waals surface area contributed by atoms with E-state index in [0.29, 0.717) is 69.7 Å². The van der Waals surface area contributed by atoms with Gasteiger partial charge in [0.1, 0.15) is 18.1 Å². The number of piperidine rings is 1. The van der Waals surface area contributed by atoms with Crippen LogP contribution in [0.4, 0.5) is 26.0 Å². The van der Waals surface area contributed by atoms with E-state index >= 15 is 0 Å². The van der Waals surface area contributed by atoms with Crippen molar-refractivity contribution in [3.63, 3.8) is 0 Å². The van der Waals surface area contributed by atoms with E-state index in [4.69, 9.17) is 13.9 Å². The number of fused-ring (bicyclic) bond motifs is 1. The summed E-state index contributed by atoms with van der Waals surface area (Å²) in [5.74, 6) is -1.45. The summed E-state index contributed by atoms with van der Waals surface area (Å²) < 4.78 is 46.8. The van der Waals surface area contributed by atoms with Gasteiger partial charge in [-0.3, -0.25) is 38.9 Å². The summed E-state index contributed by atoms with van der Waals surface area (Å²) in [7, 11) is 2.08. The van der Waals surface area contributed by atoms with Crippen LogP contribution >= 0.6 is 0 Å².